The van der Waals surface area contributed by atoms with Gasteiger partial charge in [-0.2, -0.15) is 0 Å². The van der Waals surface area contributed by atoms with Crippen LogP contribution in [0.1, 0.15) is 31.2 Å². The van der Waals surface area contributed by atoms with Crippen molar-refractivity contribution in [2.75, 3.05) is 66.6 Å². The number of para-hydroxylation sites is 1. The second-order valence-electron chi connectivity index (χ2n) is 10.4. The topological polar surface area (TPSA) is 74.3 Å². The van der Waals surface area contributed by atoms with Crippen LogP contribution in [0, 0.1) is 11.8 Å². The molecule has 1 N–H and O–H groups in total. The number of nitrogens with one attached hydrogen (secondary N) is 1. The molecule has 1 aromatic rings. The van der Waals surface area contributed by atoms with E-state index in [-0.39, 0.29) is 23.7 Å². The molecule has 8 nitrogen and oxygen atoms in total. The van der Waals surface area contributed by atoms with Gasteiger partial charge in [0, 0.05) is 51.3 Å². The molecule has 0 saturated carbocycles. The fraction of sp³-hybridized carbons (Fsp3) is 0.643. The minimum Gasteiger partial charge on any atom is -0.489 e. The average Bonchev–Trinajstić information content (AvgIpc) is 2.88. The van der Waals surface area contributed by atoms with E-state index in [1.54, 1.807) is 7.11 Å². The molecular formula is C28H42N4O4. The highest BCUT2D eigenvalue weighted by Gasteiger charge is 2.33. The third-order valence-corrected chi connectivity index (χ3v) is 7.84. The van der Waals surface area contributed by atoms with Gasteiger partial charge in [0.2, 0.25) is 11.8 Å². The van der Waals surface area contributed by atoms with Crippen LogP contribution in [0.25, 0.3) is 0 Å². The Kier molecular flexibility index (Phi) is 9.78. The number of nitrogens with zero attached hydrogens (tertiary/aromatic N) is 3. The van der Waals surface area contributed by atoms with E-state index in [9.17, 15) is 9.59 Å². The Morgan fingerprint density at radius 3 is 2.75 bits per heavy atom. The number of rotatable bonds is 6. The summed E-state index contributed by atoms with van der Waals surface area (Å²) in [5.74, 6) is 1.45. The summed E-state index contributed by atoms with van der Waals surface area (Å²) < 4.78 is 11.2. The number of piperidine rings is 2. The molecule has 2 bridgehead atoms. The highest BCUT2D eigenvalue weighted by atomic mass is 16.5. The van der Waals surface area contributed by atoms with Crippen molar-refractivity contribution in [3.63, 3.8) is 0 Å². The summed E-state index contributed by atoms with van der Waals surface area (Å²) in [6, 6.07) is 8.56. The maximum absolute atomic E-state index is 13.6. The zero-order chi connectivity index (χ0) is 25.3. The van der Waals surface area contributed by atoms with Gasteiger partial charge in [0.05, 0.1) is 13.2 Å². The second-order valence-corrected chi connectivity index (χ2v) is 10.4. The summed E-state index contributed by atoms with van der Waals surface area (Å²) in [5, 5.41) is 2.94. The number of hydrogen-bond donors (Lipinski definition) is 1. The third kappa shape index (κ3) is 7.31. The number of amides is 2. The number of fused-ring (bicyclic) bond motifs is 3. The molecule has 2 atom stereocenters. The predicted molar refractivity (Wildman–Crippen MR) is 140 cm³/mol. The number of carbonyl (C=O) groups is 2. The van der Waals surface area contributed by atoms with Crippen molar-refractivity contribution in [3.8, 4) is 5.75 Å². The van der Waals surface area contributed by atoms with Crippen LogP contribution in [0.4, 0.5) is 0 Å². The zero-order valence-electron chi connectivity index (χ0n) is 21.9. The smallest absolute Gasteiger partial charge is 0.236 e. The molecule has 198 valence electrons. The van der Waals surface area contributed by atoms with E-state index < -0.39 is 0 Å². The lowest BCUT2D eigenvalue weighted by atomic mass is 9.82. The third-order valence-electron chi connectivity index (χ3n) is 7.84. The highest BCUT2D eigenvalue weighted by Crippen LogP contribution is 2.30. The lowest BCUT2D eigenvalue weighted by Crippen LogP contribution is -2.51. The van der Waals surface area contributed by atoms with E-state index in [1.165, 1.54) is 0 Å². The first-order valence-electron chi connectivity index (χ1n) is 13.4. The number of benzene rings is 1. The van der Waals surface area contributed by atoms with E-state index in [0.29, 0.717) is 58.4 Å². The Balaban J connectivity index is 1.51. The molecule has 0 aliphatic carbocycles. The van der Waals surface area contributed by atoms with Gasteiger partial charge in [-0.1, -0.05) is 30.4 Å². The van der Waals surface area contributed by atoms with E-state index in [0.717, 1.165) is 43.7 Å². The van der Waals surface area contributed by atoms with Gasteiger partial charge in [-0.3, -0.25) is 14.5 Å². The average molecular weight is 499 g/mol. The van der Waals surface area contributed by atoms with Gasteiger partial charge in [0.1, 0.15) is 12.4 Å². The lowest BCUT2D eigenvalue weighted by molar-refractivity contribution is -0.136. The normalized spacial score (nSPS) is 24.7. The highest BCUT2D eigenvalue weighted by molar-refractivity contribution is 5.79. The fourth-order valence-electron chi connectivity index (χ4n) is 5.64. The molecule has 2 saturated heterocycles. The number of methoxy groups -OCH3 is 1. The van der Waals surface area contributed by atoms with Crippen LogP contribution in [0.2, 0.25) is 0 Å². The second kappa shape index (κ2) is 13.2. The molecular weight excluding hydrogens is 456 g/mol. The molecule has 8 heteroatoms. The first-order valence-corrected chi connectivity index (χ1v) is 13.4. The summed E-state index contributed by atoms with van der Waals surface area (Å²) in [6.45, 7) is 6.09. The molecule has 0 aromatic heterocycles. The molecule has 0 radical (unpaired) electrons. The van der Waals surface area contributed by atoms with Crippen molar-refractivity contribution in [1.29, 1.82) is 0 Å². The van der Waals surface area contributed by atoms with E-state index >= 15 is 0 Å². The molecule has 1 aromatic carbocycles. The summed E-state index contributed by atoms with van der Waals surface area (Å²) in [6.07, 6.45) is 7.63. The summed E-state index contributed by atoms with van der Waals surface area (Å²) in [5.41, 5.74) is 1.13. The molecule has 4 rings (SSSR count). The van der Waals surface area contributed by atoms with Gasteiger partial charge in [0.15, 0.2) is 0 Å². The predicted octanol–water partition coefficient (Wildman–Crippen LogP) is 2.15. The Morgan fingerprint density at radius 2 is 1.94 bits per heavy atom. The maximum Gasteiger partial charge on any atom is 0.236 e. The minimum absolute atomic E-state index is 0.0479. The lowest BCUT2D eigenvalue weighted by Gasteiger charge is -2.40. The Labute approximate surface area is 215 Å². The molecule has 3 aliphatic heterocycles. The Morgan fingerprint density at radius 1 is 1.14 bits per heavy atom. The maximum atomic E-state index is 13.6. The Bertz CT molecular complexity index is 899. The van der Waals surface area contributed by atoms with Crippen LogP contribution in [-0.4, -0.2) is 99.2 Å². The van der Waals surface area contributed by atoms with Crippen molar-refractivity contribution < 1.29 is 19.1 Å². The number of likely N-dealkylation sites (tertiary alicyclic amines) is 1. The van der Waals surface area contributed by atoms with E-state index in [1.807, 2.05) is 23.1 Å². The van der Waals surface area contributed by atoms with Gasteiger partial charge in [-0.15, -0.1) is 0 Å². The first kappa shape index (κ1) is 26.6. The quantitative estimate of drug-likeness (QED) is 0.479. The summed E-state index contributed by atoms with van der Waals surface area (Å²) >= 11 is 0. The SMILES string of the molecule is COCCNC(=O)C[C@@H]1CCN2C[C@@H]1C=CCOc1ccccc1CN(C1CCN(C)CC1)CC2=O. The Hall–Kier alpha value is -2.42. The standard InChI is InChI=1S/C28H42N4O4/c1-30-13-10-25(11-14-30)32-20-24-6-3-4-8-26(24)36-16-5-7-23-19-31(28(34)21-32)15-9-22(23)18-27(33)29-12-17-35-2/h3-8,22-23,25H,9-21H2,1-2H3,(H,29,33)/t22-,23-/m0/s1. The fourth-order valence-corrected chi connectivity index (χ4v) is 5.64. The van der Waals surface area contributed by atoms with Gasteiger partial charge in [-0.25, -0.2) is 0 Å². The van der Waals surface area contributed by atoms with Crippen molar-refractivity contribution in [2.24, 2.45) is 11.8 Å². The van der Waals surface area contributed by atoms with Gasteiger partial charge in [0.25, 0.3) is 0 Å². The van der Waals surface area contributed by atoms with E-state index in [2.05, 4.69) is 40.4 Å². The van der Waals surface area contributed by atoms with Gasteiger partial charge >= 0.3 is 0 Å². The van der Waals surface area contributed by atoms with Crippen molar-refractivity contribution in [1.82, 2.24) is 20.0 Å². The number of carbonyl (C=O) groups excluding carboxylic acids is 2. The van der Waals surface area contributed by atoms with Crippen molar-refractivity contribution in [2.45, 2.75) is 38.3 Å². The molecule has 3 heterocycles. The molecule has 3 aliphatic rings. The summed E-state index contributed by atoms with van der Waals surface area (Å²) in [7, 11) is 3.80. The van der Waals surface area contributed by atoms with Crippen LogP contribution < -0.4 is 10.1 Å². The van der Waals surface area contributed by atoms with E-state index in [4.69, 9.17) is 9.47 Å². The van der Waals surface area contributed by atoms with Crippen LogP contribution >= 0.6 is 0 Å². The molecule has 2 fully saturated rings. The molecule has 2 amide bonds. The van der Waals surface area contributed by atoms with Crippen molar-refractivity contribution >= 4 is 11.8 Å². The number of ether oxygens (including phenoxy) is 2. The van der Waals surface area contributed by atoms with Crippen LogP contribution in [0.15, 0.2) is 36.4 Å². The molecule has 36 heavy (non-hydrogen) atoms. The monoisotopic (exact) mass is 498 g/mol. The van der Waals surface area contributed by atoms with Gasteiger partial charge in [-0.05, 0) is 57.3 Å². The minimum atomic E-state index is 0.0479. The van der Waals surface area contributed by atoms with Crippen LogP contribution in [0.3, 0.4) is 0 Å². The largest absolute Gasteiger partial charge is 0.489 e. The molecule has 0 spiro atoms. The molecule has 0 unspecified atom stereocenters. The summed E-state index contributed by atoms with van der Waals surface area (Å²) in [4.78, 5) is 32.8. The van der Waals surface area contributed by atoms with Crippen molar-refractivity contribution in [3.05, 3.63) is 42.0 Å². The number of hydrogen-bond acceptors (Lipinski definition) is 6. The first-order chi connectivity index (χ1) is 17.5. The van der Waals surface area contributed by atoms with Gasteiger partial charge < -0.3 is 24.6 Å². The van der Waals surface area contributed by atoms with Crippen LogP contribution in [-0.2, 0) is 20.9 Å². The van der Waals surface area contributed by atoms with Crippen LogP contribution in [0.5, 0.6) is 5.75 Å². The zero-order valence-corrected chi connectivity index (χ0v) is 21.9.